The summed E-state index contributed by atoms with van der Waals surface area (Å²) in [7, 11) is 0. The monoisotopic (exact) mass is 430 g/mol. The van der Waals surface area contributed by atoms with Gasteiger partial charge < -0.3 is 5.11 Å². The molecule has 0 spiro atoms. The molecule has 0 radical (unpaired) electrons. The van der Waals surface area contributed by atoms with E-state index in [0.717, 1.165) is 59.4 Å². The average molecular weight is 431 g/mol. The Morgan fingerprint density at radius 1 is 1.03 bits per heavy atom. The highest BCUT2D eigenvalue weighted by atomic mass is 16.3. The molecule has 7 nitrogen and oxygen atoms in total. The number of tetrazole rings is 1. The second kappa shape index (κ2) is 9.87. The van der Waals surface area contributed by atoms with Gasteiger partial charge in [0.25, 0.3) is 0 Å². The molecule has 2 aromatic carbocycles. The molecule has 4 aromatic rings. The molecule has 0 bridgehead atoms. The minimum absolute atomic E-state index is 0.00886. The molecule has 0 saturated heterocycles. The van der Waals surface area contributed by atoms with E-state index in [9.17, 15) is 5.11 Å². The zero-order valence-corrected chi connectivity index (χ0v) is 18.9. The summed E-state index contributed by atoms with van der Waals surface area (Å²) in [6.07, 6.45) is 2.71. The van der Waals surface area contributed by atoms with Crippen LogP contribution in [0.15, 0.2) is 48.5 Å². The smallest absolute Gasteiger partial charge is 0.205 e. The van der Waals surface area contributed by atoms with Gasteiger partial charge in [0.05, 0.1) is 18.0 Å². The van der Waals surface area contributed by atoms with E-state index in [1.165, 1.54) is 5.56 Å². The minimum Gasteiger partial charge on any atom is -0.390 e. The van der Waals surface area contributed by atoms with E-state index in [2.05, 4.69) is 71.7 Å². The zero-order valence-electron chi connectivity index (χ0n) is 18.9. The maximum Gasteiger partial charge on any atom is 0.205 e. The molecule has 2 heterocycles. The molecule has 4 rings (SSSR count). The SMILES string of the molecule is CCCc1nn(CC(C)C)c(CO)c1Cc1ccc(-c2ccccc2-c2nn[nH]n2)cc1. The highest BCUT2D eigenvalue weighted by molar-refractivity contribution is 5.80. The maximum atomic E-state index is 10.1. The molecule has 0 amide bonds. The number of aliphatic hydroxyl groups excluding tert-OH is 1. The molecule has 0 aliphatic carbocycles. The quantitative estimate of drug-likeness (QED) is 0.410. The van der Waals surface area contributed by atoms with E-state index < -0.39 is 0 Å². The average Bonchev–Trinajstić information content (AvgIpc) is 3.43. The van der Waals surface area contributed by atoms with Crippen molar-refractivity contribution >= 4 is 0 Å². The number of hydrogen-bond acceptors (Lipinski definition) is 5. The van der Waals surface area contributed by atoms with Gasteiger partial charge in [0.15, 0.2) is 0 Å². The number of H-pyrrole nitrogens is 1. The van der Waals surface area contributed by atoms with Crippen molar-refractivity contribution in [3.63, 3.8) is 0 Å². The molecule has 0 aliphatic heterocycles. The van der Waals surface area contributed by atoms with Crippen LogP contribution < -0.4 is 0 Å². The zero-order chi connectivity index (χ0) is 22.5. The van der Waals surface area contributed by atoms with Crippen molar-refractivity contribution < 1.29 is 5.11 Å². The largest absolute Gasteiger partial charge is 0.390 e. The first-order valence-electron chi connectivity index (χ1n) is 11.2. The lowest BCUT2D eigenvalue weighted by atomic mass is 9.96. The number of aryl methyl sites for hydroxylation is 1. The van der Waals surface area contributed by atoms with Crippen LogP contribution in [-0.2, 0) is 26.0 Å². The molecule has 0 unspecified atom stereocenters. The van der Waals surface area contributed by atoms with E-state index >= 15 is 0 Å². The van der Waals surface area contributed by atoms with Crippen LogP contribution in [0.1, 0.15) is 49.7 Å². The highest BCUT2D eigenvalue weighted by Gasteiger charge is 2.18. The van der Waals surface area contributed by atoms with Gasteiger partial charge in [-0.1, -0.05) is 75.7 Å². The predicted octanol–water partition coefficient (Wildman–Crippen LogP) is 4.42. The molecule has 2 aromatic heterocycles. The van der Waals surface area contributed by atoms with E-state index in [1.54, 1.807) is 0 Å². The first-order chi connectivity index (χ1) is 15.6. The molecule has 0 aliphatic rings. The molecule has 0 fully saturated rings. The van der Waals surface area contributed by atoms with Gasteiger partial charge in [-0.2, -0.15) is 10.3 Å². The van der Waals surface area contributed by atoms with Gasteiger partial charge in [0.2, 0.25) is 5.82 Å². The first-order valence-corrected chi connectivity index (χ1v) is 11.2. The summed E-state index contributed by atoms with van der Waals surface area (Å²) in [5, 5.41) is 29.4. The van der Waals surface area contributed by atoms with Crippen LogP contribution in [0.25, 0.3) is 22.5 Å². The van der Waals surface area contributed by atoms with Crippen molar-refractivity contribution in [2.75, 3.05) is 0 Å². The third-order valence-electron chi connectivity index (χ3n) is 5.58. The van der Waals surface area contributed by atoms with Crippen LogP contribution in [0.4, 0.5) is 0 Å². The Kier molecular flexibility index (Phi) is 6.75. The summed E-state index contributed by atoms with van der Waals surface area (Å²) in [4.78, 5) is 0. The van der Waals surface area contributed by atoms with Crippen molar-refractivity contribution in [1.29, 1.82) is 0 Å². The van der Waals surface area contributed by atoms with Gasteiger partial charge in [-0.15, -0.1) is 10.2 Å². The van der Waals surface area contributed by atoms with E-state index in [4.69, 9.17) is 5.10 Å². The maximum absolute atomic E-state index is 10.1. The van der Waals surface area contributed by atoms with E-state index in [1.807, 2.05) is 22.9 Å². The Balaban J connectivity index is 1.64. The van der Waals surface area contributed by atoms with Gasteiger partial charge in [-0.05, 0) is 34.2 Å². The Morgan fingerprint density at radius 2 is 1.78 bits per heavy atom. The molecule has 7 heteroatoms. The fourth-order valence-corrected chi connectivity index (χ4v) is 4.12. The van der Waals surface area contributed by atoms with Crippen LogP contribution in [0.5, 0.6) is 0 Å². The number of nitrogens with zero attached hydrogens (tertiary/aromatic N) is 5. The molecule has 0 atom stereocenters. The van der Waals surface area contributed by atoms with Gasteiger partial charge in [-0.25, -0.2) is 0 Å². The molecule has 2 N–H and O–H groups in total. The van der Waals surface area contributed by atoms with Gasteiger partial charge in [0, 0.05) is 24.1 Å². The molecule has 0 saturated carbocycles. The van der Waals surface area contributed by atoms with Crippen LogP contribution in [0.3, 0.4) is 0 Å². The first kappa shape index (κ1) is 21.9. The molecule has 166 valence electrons. The van der Waals surface area contributed by atoms with Crippen LogP contribution in [0, 0.1) is 5.92 Å². The van der Waals surface area contributed by atoms with Gasteiger partial charge in [-0.3, -0.25) is 4.68 Å². The Labute approximate surface area is 188 Å². The third-order valence-corrected chi connectivity index (χ3v) is 5.58. The molecular weight excluding hydrogens is 400 g/mol. The van der Waals surface area contributed by atoms with Gasteiger partial charge >= 0.3 is 0 Å². The number of rotatable bonds is 9. The number of aromatic nitrogens is 6. The van der Waals surface area contributed by atoms with Crippen LogP contribution in [0.2, 0.25) is 0 Å². The standard InChI is InChI=1S/C25H30N6O/c1-4-7-23-22(24(16-32)31(28-23)15-17(2)3)14-18-10-12-19(13-11-18)20-8-5-6-9-21(20)25-26-29-30-27-25/h5-6,8-13,17,32H,4,7,14-16H2,1-3H3,(H,26,27,29,30). The van der Waals surface area contributed by atoms with Crippen LogP contribution >= 0.6 is 0 Å². The summed E-state index contributed by atoms with van der Waals surface area (Å²) in [6.45, 7) is 7.34. The normalized spacial score (nSPS) is 11.4. The summed E-state index contributed by atoms with van der Waals surface area (Å²) in [5.41, 5.74) is 7.50. The minimum atomic E-state index is 0.00886. The van der Waals surface area contributed by atoms with Crippen LogP contribution in [-0.4, -0.2) is 35.5 Å². The number of benzene rings is 2. The lowest BCUT2D eigenvalue weighted by Crippen LogP contribution is -2.10. The number of nitrogens with one attached hydrogen (secondary N) is 1. The van der Waals surface area contributed by atoms with Crippen molar-refractivity contribution in [2.45, 2.75) is 53.2 Å². The lowest BCUT2D eigenvalue weighted by molar-refractivity contribution is 0.263. The summed E-state index contributed by atoms with van der Waals surface area (Å²) in [5.74, 6) is 1.06. The summed E-state index contributed by atoms with van der Waals surface area (Å²) >= 11 is 0. The Morgan fingerprint density at radius 3 is 2.41 bits per heavy atom. The fourth-order valence-electron chi connectivity index (χ4n) is 4.12. The Bertz CT molecular complexity index is 1150. The fraction of sp³-hybridized carbons (Fsp3) is 0.360. The van der Waals surface area contributed by atoms with E-state index in [0.29, 0.717) is 11.7 Å². The van der Waals surface area contributed by atoms with Crippen molar-refractivity contribution in [1.82, 2.24) is 30.4 Å². The summed E-state index contributed by atoms with van der Waals surface area (Å²) < 4.78 is 2.00. The molecule has 32 heavy (non-hydrogen) atoms. The van der Waals surface area contributed by atoms with Crippen molar-refractivity contribution in [3.8, 4) is 22.5 Å². The second-order valence-electron chi connectivity index (χ2n) is 8.51. The predicted molar refractivity (Wildman–Crippen MR) is 125 cm³/mol. The number of aromatic amines is 1. The number of hydrogen-bond donors (Lipinski definition) is 2. The van der Waals surface area contributed by atoms with Crippen molar-refractivity contribution in [3.05, 3.63) is 71.0 Å². The van der Waals surface area contributed by atoms with Crippen molar-refractivity contribution in [2.24, 2.45) is 5.92 Å². The third kappa shape index (κ3) is 4.62. The van der Waals surface area contributed by atoms with E-state index in [-0.39, 0.29) is 6.61 Å². The lowest BCUT2D eigenvalue weighted by Gasteiger charge is -2.11. The number of aliphatic hydroxyl groups is 1. The second-order valence-corrected chi connectivity index (χ2v) is 8.51. The van der Waals surface area contributed by atoms with Gasteiger partial charge in [0.1, 0.15) is 0 Å². The Hall–Kier alpha value is -3.32. The topological polar surface area (TPSA) is 92.5 Å². The highest BCUT2D eigenvalue weighted by Crippen LogP contribution is 2.30. The summed E-state index contributed by atoms with van der Waals surface area (Å²) in [6, 6.07) is 16.6. The molecular formula is C25H30N6O.